The van der Waals surface area contributed by atoms with E-state index in [1.165, 1.54) is 0 Å². The summed E-state index contributed by atoms with van der Waals surface area (Å²) in [5.74, 6) is 1.33. The minimum Gasteiger partial charge on any atom is -0.496 e. The topological polar surface area (TPSA) is 92.4 Å². The molecule has 0 saturated carbocycles. The van der Waals surface area contributed by atoms with Crippen LogP contribution in [-0.2, 0) is 9.53 Å². The summed E-state index contributed by atoms with van der Waals surface area (Å²) in [6.45, 7) is 0.731. The number of methoxy groups -OCH3 is 2. The van der Waals surface area contributed by atoms with Gasteiger partial charge in [-0.05, 0) is 25.6 Å². The molecule has 2 N–H and O–H groups in total. The number of rotatable bonds is 5. The Balaban J connectivity index is 1.71. The molecule has 3 rings (SSSR count). The van der Waals surface area contributed by atoms with Crippen molar-refractivity contribution in [3.05, 3.63) is 24.3 Å². The predicted molar refractivity (Wildman–Crippen MR) is 88.8 cm³/mol. The molecule has 2 heterocycles. The maximum atomic E-state index is 12.4. The number of likely N-dealkylation sites (N-methyl/N-ethyl adjacent to an activating group) is 1. The van der Waals surface area contributed by atoms with Gasteiger partial charge in [0.15, 0.2) is 5.82 Å². The van der Waals surface area contributed by atoms with Crippen LogP contribution in [0.15, 0.2) is 24.3 Å². The quantitative estimate of drug-likeness (QED) is 0.853. The molecule has 1 aromatic heterocycles. The predicted octanol–water partition coefficient (Wildman–Crippen LogP) is 1.14. The summed E-state index contributed by atoms with van der Waals surface area (Å²) in [5, 5.41) is 9.66. The van der Waals surface area contributed by atoms with Crippen LogP contribution in [0.1, 0.15) is 6.42 Å². The Kier molecular flexibility index (Phi) is 4.77. The zero-order chi connectivity index (χ0) is 17.1. The standard InChI is InChI=1S/C16H21N5O3/c1-21-9-10(23-2)8-12(21)15(22)18-16-17-14(19-20-16)11-6-4-5-7-13(11)24-3/h4-7,10,12H,8-9H2,1-3H3,(H2,17,18,19,20,22)/t10-,12-/m0/s1. The molecule has 0 aliphatic carbocycles. The normalized spacial score (nSPS) is 21.0. The van der Waals surface area contributed by atoms with Gasteiger partial charge < -0.3 is 9.47 Å². The smallest absolute Gasteiger partial charge is 0.249 e. The molecule has 1 aromatic carbocycles. The Morgan fingerprint density at radius 2 is 2.17 bits per heavy atom. The van der Waals surface area contributed by atoms with Gasteiger partial charge in [0.05, 0.1) is 24.8 Å². The first-order valence-electron chi connectivity index (χ1n) is 7.72. The second kappa shape index (κ2) is 6.98. The Hall–Kier alpha value is -2.45. The summed E-state index contributed by atoms with van der Waals surface area (Å²) in [6.07, 6.45) is 0.727. The molecule has 128 valence electrons. The van der Waals surface area contributed by atoms with E-state index in [1.807, 2.05) is 36.2 Å². The molecule has 1 aliphatic rings. The van der Waals surface area contributed by atoms with Gasteiger partial charge >= 0.3 is 0 Å². The van der Waals surface area contributed by atoms with Gasteiger partial charge in [0.25, 0.3) is 0 Å². The van der Waals surface area contributed by atoms with E-state index >= 15 is 0 Å². The van der Waals surface area contributed by atoms with Crippen molar-refractivity contribution in [1.82, 2.24) is 20.1 Å². The van der Waals surface area contributed by atoms with Gasteiger partial charge in [-0.15, -0.1) is 5.10 Å². The van der Waals surface area contributed by atoms with E-state index in [-0.39, 0.29) is 24.0 Å². The fourth-order valence-corrected chi connectivity index (χ4v) is 2.90. The third-order valence-electron chi connectivity index (χ3n) is 4.23. The molecule has 1 saturated heterocycles. The second-order valence-corrected chi connectivity index (χ2v) is 5.75. The van der Waals surface area contributed by atoms with Crippen LogP contribution in [-0.4, -0.2) is 65.9 Å². The largest absolute Gasteiger partial charge is 0.496 e. The molecule has 24 heavy (non-hydrogen) atoms. The van der Waals surface area contributed by atoms with Crippen LogP contribution in [0.3, 0.4) is 0 Å². The maximum Gasteiger partial charge on any atom is 0.249 e. The maximum absolute atomic E-state index is 12.4. The first-order valence-corrected chi connectivity index (χ1v) is 7.72. The summed E-state index contributed by atoms with van der Waals surface area (Å²) in [4.78, 5) is 18.7. The Morgan fingerprint density at radius 3 is 2.88 bits per heavy atom. The molecule has 8 heteroatoms. The number of amides is 1. The molecule has 0 radical (unpaired) electrons. The third kappa shape index (κ3) is 3.24. The summed E-state index contributed by atoms with van der Waals surface area (Å²) in [6, 6.07) is 7.23. The monoisotopic (exact) mass is 331 g/mol. The lowest BCUT2D eigenvalue weighted by Crippen LogP contribution is -2.37. The minimum absolute atomic E-state index is 0.0713. The van der Waals surface area contributed by atoms with Gasteiger partial charge in [-0.25, -0.2) is 0 Å². The van der Waals surface area contributed by atoms with Crippen LogP contribution in [0.25, 0.3) is 11.4 Å². The van der Waals surface area contributed by atoms with Gasteiger partial charge in [-0.1, -0.05) is 12.1 Å². The van der Waals surface area contributed by atoms with Gasteiger partial charge in [0.2, 0.25) is 11.9 Å². The average molecular weight is 331 g/mol. The van der Waals surface area contributed by atoms with E-state index in [1.54, 1.807) is 14.2 Å². The first kappa shape index (κ1) is 16.4. The molecular formula is C16H21N5O3. The highest BCUT2D eigenvalue weighted by Crippen LogP contribution is 2.27. The number of H-pyrrole nitrogens is 1. The van der Waals surface area contributed by atoms with Crippen molar-refractivity contribution in [3.63, 3.8) is 0 Å². The summed E-state index contributed by atoms with van der Waals surface area (Å²) in [7, 11) is 5.16. The number of anilines is 1. The molecule has 0 spiro atoms. The van der Waals surface area contributed by atoms with E-state index in [2.05, 4.69) is 20.5 Å². The molecule has 8 nitrogen and oxygen atoms in total. The summed E-state index contributed by atoms with van der Waals surface area (Å²) in [5.41, 5.74) is 0.783. The summed E-state index contributed by atoms with van der Waals surface area (Å²) >= 11 is 0. The number of carbonyl (C=O) groups is 1. The molecule has 2 atom stereocenters. The zero-order valence-electron chi connectivity index (χ0n) is 13.9. The first-order chi connectivity index (χ1) is 11.6. The highest BCUT2D eigenvalue weighted by Gasteiger charge is 2.34. The van der Waals surface area contributed by atoms with Crippen molar-refractivity contribution in [2.24, 2.45) is 0 Å². The van der Waals surface area contributed by atoms with Crippen molar-refractivity contribution < 1.29 is 14.3 Å². The van der Waals surface area contributed by atoms with Gasteiger partial charge in [-0.2, -0.15) is 4.98 Å². The van der Waals surface area contributed by atoms with Crippen LogP contribution in [0, 0.1) is 0 Å². The van der Waals surface area contributed by atoms with Crippen molar-refractivity contribution >= 4 is 11.9 Å². The van der Waals surface area contributed by atoms with Gasteiger partial charge in [0.1, 0.15) is 5.75 Å². The van der Waals surface area contributed by atoms with Crippen LogP contribution in [0.5, 0.6) is 5.75 Å². The number of nitrogens with one attached hydrogen (secondary N) is 2. The molecule has 0 bridgehead atoms. The lowest BCUT2D eigenvalue weighted by molar-refractivity contribution is -0.120. The molecule has 1 amide bonds. The number of ether oxygens (including phenoxy) is 2. The second-order valence-electron chi connectivity index (χ2n) is 5.75. The molecule has 1 aliphatic heterocycles. The Bertz CT molecular complexity index is 717. The number of hydrogen-bond donors (Lipinski definition) is 2. The number of nitrogens with zero attached hydrogens (tertiary/aromatic N) is 3. The number of para-hydroxylation sites is 1. The minimum atomic E-state index is -0.247. The highest BCUT2D eigenvalue weighted by molar-refractivity contribution is 5.93. The number of benzene rings is 1. The molecule has 2 aromatic rings. The van der Waals surface area contributed by atoms with E-state index in [9.17, 15) is 4.79 Å². The zero-order valence-corrected chi connectivity index (χ0v) is 13.9. The molecular weight excluding hydrogens is 310 g/mol. The van der Waals surface area contributed by atoms with Crippen LogP contribution >= 0.6 is 0 Å². The van der Waals surface area contributed by atoms with E-state index in [4.69, 9.17) is 9.47 Å². The SMILES string of the molecule is COc1ccccc1-c1nc(NC(=O)[C@@H]2C[C@H](OC)CN2C)n[nH]1. The fraction of sp³-hybridized carbons (Fsp3) is 0.438. The fourth-order valence-electron chi connectivity index (χ4n) is 2.90. The van der Waals surface area contributed by atoms with Crippen LogP contribution in [0.2, 0.25) is 0 Å². The van der Waals surface area contributed by atoms with Gasteiger partial charge in [0, 0.05) is 13.7 Å². The van der Waals surface area contributed by atoms with E-state index in [0.717, 1.165) is 12.1 Å². The van der Waals surface area contributed by atoms with Crippen LogP contribution in [0.4, 0.5) is 5.95 Å². The van der Waals surface area contributed by atoms with Crippen molar-refractivity contribution in [3.8, 4) is 17.1 Å². The highest BCUT2D eigenvalue weighted by atomic mass is 16.5. The number of hydrogen-bond acceptors (Lipinski definition) is 6. The van der Waals surface area contributed by atoms with Gasteiger partial charge in [-0.3, -0.25) is 20.1 Å². The van der Waals surface area contributed by atoms with Crippen LogP contribution < -0.4 is 10.1 Å². The number of aromatic amines is 1. The lowest BCUT2D eigenvalue weighted by Gasteiger charge is -2.16. The Morgan fingerprint density at radius 1 is 1.38 bits per heavy atom. The number of likely N-dealkylation sites (tertiary alicyclic amines) is 1. The lowest BCUT2D eigenvalue weighted by atomic mass is 10.2. The average Bonchev–Trinajstić information content (AvgIpc) is 3.21. The number of carbonyl (C=O) groups excluding carboxylic acids is 1. The molecule has 1 fully saturated rings. The third-order valence-corrected chi connectivity index (χ3v) is 4.23. The molecule has 0 unspecified atom stereocenters. The van der Waals surface area contributed by atoms with E-state index in [0.29, 0.717) is 18.0 Å². The summed E-state index contributed by atoms with van der Waals surface area (Å²) < 4.78 is 10.6. The van der Waals surface area contributed by atoms with Crippen molar-refractivity contribution in [2.75, 3.05) is 33.1 Å². The van der Waals surface area contributed by atoms with Crippen molar-refractivity contribution in [2.45, 2.75) is 18.6 Å². The van der Waals surface area contributed by atoms with Crippen molar-refractivity contribution in [1.29, 1.82) is 0 Å². The number of aromatic nitrogens is 3. The Labute approximate surface area is 140 Å². The van der Waals surface area contributed by atoms with E-state index < -0.39 is 0 Å².